The van der Waals surface area contributed by atoms with Crippen LogP contribution in [0.2, 0.25) is 0 Å². The molecule has 5 heterocycles. The summed E-state index contributed by atoms with van der Waals surface area (Å²) in [7, 11) is 0. The smallest absolute Gasteiger partial charge is 0.166 e. The molecule has 15 rings (SSSR count). The zero-order valence-corrected chi connectivity index (χ0v) is 44.9. The summed E-state index contributed by atoms with van der Waals surface area (Å²) in [6.45, 7) is 4.32. The molecule has 0 spiro atoms. The molecule has 0 atom stereocenters. The van der Waals surface area contributed by atoms with Crippen molar-refractivity contribution in [1.82, 2.24) is 44.0 Å². The first kappa shape index (κ1) is 48.1. The van der Waals surface area contributed by atoms with E-state index in [9.17, 15) is 0 Å². The van der Waals surface area contributed by atoms with Gasteiger partial charge >= 0.3 is 0 Å². The Morgan fingerprint density at radius 2 is 0.659 bits per heavy atom. The van der Waals surface area contributed by atoms with Crippen LogP contribution < -0.4 is 0 Å². The molecule has 82 heavy (non-hydrogen) atoms. The second-order valence-corrected chi connectivity index (χ2v) is 20.7. The van der Waals surface area contributed by atoms with Crippen molar-refractivity contribution in [3.05, 3.63) is 272 Å². The first-order valence-corrected chi connectivity index (χ1v) is 27.5. The minimum atomic E-state index is 0.471. The lowest BCUT2D eigenvalue weighted by atomic mass is 10.0. The van der Waals surface area contributed by atoms with Crippen molar-refractivity contribution < 1.29 is 0 Å². The van der Waals surface area contributed by atoms with Crippen molar-refractivity contribution in [2.75, 3.05) is 0 Å². The van der Waals surface area contributed by atoms with Crippen LogP contribution in [0.25, 0.3) is 146 Å². The number of pyridine rings is 1. The number of hydrogen-bond donors (Lipinski definition) is 0. The van der Waals surface area contributed by atoms with Gasteiger partial charge in [0, 0.05) is 66.1 Å². The van der Waals surface area contributed by atoms with E-state index in [1.807, 2.05) is 103 Å². The Labute approximate surface area is 473 Å². The summed E-state index contributed by atoms with van der Waals surface area (Å²) in [4.78, 5) is 37.6. The maximum atomic E-state index is 5.56. The number of fused-ring (bicyclic) bond motifs is 6. The first-order chi connectivity index (χ1) is 40.5. The Bertz CT molecular complexity index is 4750. The number of para-hydroxylation sites is 1. The molecule has 0 saturated carbocycles. The van der Waals surface area contributed by atoms with Gasteiger partial charge in [0.2, 0.25) is 0 Å². The molecule has 0 unspecified atom stereocenters. The summed E-state index contributed by atoms with van der Waals surface area (Å²) in [6, 6.07) is 90.5. The lowest BCUT2D eigenvalue weighted by Crippen LogP contribution is -2.09. The van der Waals surface area contributed by atoms with Crippen LogP contribution in [0.1, 0.15) is 11.1 Å². The van der Waals surface area contributed by atoms with E-state index < -0.39 is 0 Å². The SMILES string of the molecule is Cc1ccc2c(c1)c1cc(C)ccc1n2-c1cc(-c2nc(-c3ccccc3)nc(-c3ccccc3)n2)cc(-c2nc(-c3ccccc3)nc(-c3ccccc3)n2)c1-n1c2ccccc2c2ccc(-c3cccc(-c4ccccc4)n3)cc21. The number of benzene rings is 10. The minimum absolute atomic E-state index is 0.471. The van der Waals surface area contributed by atoms with Crippen molar-refractivity contribution >= 4 is 43.6 Å². The van der Waals surface area contributed by atoms with Crippen LogP contribution in [0.4, 0.5) is 0 Å². The van der Waals surface area contributed by atoms with Crippen molar-refractivity contribution in [1.29, 1.82) is 0 Å². The second-order valence-electron chi connectivity index (χ2n) is 20.7. The Kier molecular flexibility index (Phi) is 11.7. The number of rotatable bonds is 10. The summed E-state index contributed by atoms with van der Waals surface area (Å²) in [5.74, 6) is 3.14. The topological polar surface area (TPSA) is 100 Å². The highest BCUT2D eigenvalue weighted by Gasteiger charge is 2.28. The maximum absolute atomic E-state index is 5.56. The molecule has 0 N–H and O–H groups in total. The van der Waals surface area contributed by atoms with E-state index in [0.717, 1.165) is 111 Å². The van der Waals surface area contributed by atoms with Crippen LogP contribution in [0.15, 0.2) is 261 Å². The van der Waals surface area contributed by atoms with Gasteiger partial charge in [-0.15, -0.1) is 0 Å². The van der Waals surface area contributed by atoms with E-state index in [-0.39, 0.29) is 0 Å². The second kappa shape index (κ2) is 20.0. The van der Waals surface area contributed by atoms with E-state index in [1.165, 1.54) is 11.1 Å². The van der Waals surface area contributed by atoms with Crippen LogP contribution in [0, 0.1) is 13.8 Å². The van der Waals surface area contributed by atoms with Gasteiger partial charge in [0.25, 0.3) is 0 Å². The fraction of sp³-hybridized carbons (Fsp3) is 0.0274. The molecule has 9 heteroatoms. The summed E-state index contributed by atoms with van der Waals surface area (Å²) in [5.41, 5.74) is 16.8. The van der Waals surface area contributed by atoms with E-state index >= 15 is 0 Å². The van der Waals surface area contributed by atoms with E-state index in [0.29, 0.717) is 34.9 Å². The van der Waals surface area contributed by atoms with Crippen LogP contribution in [0.5, 0.6) is 0 Å². The zero-order valence-electron chi connectivity index (χ0n) is 44.9. The minimum Gasteiger partial charge on any atom is -0.307 e. The fourth-order valence-electron chi connectivity index (χ4n) is 11.4. The first-order valence-electron chi connectivity index (χ1n) is 27.5. The quantitative estimate of drug-likeness (QED) is 0.134. The predicted octanol–water partition coefficient (Wildman–Crippen LogP) is 17.6. The zero-order chi connectivity index (χ0) is 54.7. The van der Waals surface area contributed by atoms with Crippen molar-refractivity contribution in [2.24, 2.45) is 0 Å². The Hall–Kier alpha value is -11.0. The third kappa shape index (κ3) is 8.56. The average Bonchev–Trinajstić information content (AvgIpc) is 2.52. The number of aromatic nitrogens is 9. The van der Waals surface area contributed by atoms with Gasteiger partial charge in [0.15, 0.2) is 34.9 Å². The number of aryl methyl sites for hydroxylation is 2. The van der Waals surface area contributed by atoms with Gasteiger partial charge in [-0.25, -0.2) is 34.9 Å². The lowest BCUT2D eigenvalue weighted by Gasteiger charge is -2.22. The highest BCUT2D eigenvalue weighted by Crippen LogP contribution is 2.45. The van der Waals surface area contributed by atoms with Gasteiger partial charge < -0.3 is 9.13 Å². The van der Waals surface area contributed by atoms with E-state index in [4.69, 9.17) is 34.9 Å². The van der Waals surface area contributed by atoms with Crippen molar-refractivity contribution in [2.45, 2.75) is 13.8 Å². The molecule has 0 amide bonds. The molecule has 0 saturated heterocycles. The molecule has 0 aliphatic carbocycles. The molecule has 10 aromatic carbocycles. The van der Waals surface area contributed by atoms with Crippen LogP contribution in [0.3, 0.4) is 0 Å². The Morgan fingerprint density at radius 1 is 0.244 bits per heavy atom. The molecule has 9 nitrogen and oxygen atoms in total. The molecule has 0 bridgehead atoms. The fourth-order valence-corrected chi connectivity index (χ4v) is 11.4. The third-order valence-corrected chi connectivity index (χ3v) is 15.3. The van der Waals surface area contributed by atoms with Gasteiger partial charge in [-0.05, 0) is 74.5 Å². The van der Waals surface area contributed by atoms with Crippen molar-refractivity contribution in [3.8, 4) is 102 Å². The lowest BCUT2D eigenvalue weighted by molar-refractivity contribution is 1.04. The molecular formula is C73H49N9. The summed E-state index contributed by atoms with van der Waals surface area (Å²) < 4.78 is 4.83. The van der Waals surface area contributed by atoms with E-state index in [2.05, 4.69) is 181 Å². The van der Waals surface area contributed by atoms with Gasteiger partial charge in [0.05, 0.1) is 44.8 Å². The van der Waals surface area contributed by atoms with Crippen LogP contribution in [-0.4, -0.2) is 44.0 Å². The normalized spacial score (nSPS) is 11.5. The molecule has 0 aliphatic heterocycles. The molecule has 15 aromatic rings. The highest BCUT2D eigenvalue weighted by atomic mass is 15.1. The molecule has 5 aromatic heterocycles. The highest BCUT2D eigenvalue weighted by molar-refractivity contribution is 6.13. The van der Waals surface area contributed by atoms with Crippen LogP contribution in [-0.2, 0) is 0 Å². The Morgan fingerprint density at radius 3 is 1.17 bits per heavy atom. The molecule has 0 fully saturated rings. The molecular weight excluding hydrogens is 1000 g/mol. The largest absolute Gasteiger partial charge is 0.307 e. The van der Waals surface area contributed by atoms with Crippen LogP contribution >= 0.6 is 0 Å². The third-order valence-electron chi connectivity index (χ3n) is 15.3. The standard InChI is InChI=1S/C73H49N9/c1-46-35-39-63-57(41-46)58-42-47(2)36-40-64(58)81(63)66-45-54(72-77-68(49-23-10-4-11-24-49)75-69(78-72)50-25-12-5-13-26-50)43-59(73-79-70(51-27-14-6-15-28-51)76-71(80-73)52-29-16-7-17-30-52)67(66)82-62-34-19-18-31-55(62)56-38-37-53(44-65(56)82)61-33-20-32-60(74-61)48-21-8-3-9-22-48/h3-45H,1-2H3. The van der Waals surface area contributed by atoms with Gasteiger partial charge in [-0.2, -0.15) is 0 Å². The van der Waals surface area contributed by atoms with Crippen molar-refractivity contribution in [3.63, 3.8) is 0 Å². The summed E-state index contributed by atoms with van der Waals surface area (Å²) >= 11 is 0. The predicted molar refractivity (Wildman–Crippen MR) is 333 cm³/mol. The summed E-state index contributed by atoms with van der Waals surface area (Å²) in [5, 5.41) is 4.45. The van der Waals surface area contributed by atoms with Gasteiger partial charge in [0.1, 0.15) is 0 Å². The average molecular weight is 1050 g/mol. The number of hydrogen-bond acceptors (Lipinski definition) is 7. The Balaban J connectivity index is 1.12. The number of nitrogens with zero attached hydrogens (tertiary/aromatic N) is 9. The van der Waals surface area contributed by atoms with Gasteiger partial charge in [-0.3, -0.25) is 0 Å². The molecule has 386 valence electrons. The van der Waals surface area contributed by atoms with Gasteiger partial charge in [-0.1, -0.05) is 211 Å². The molecule has 0 radical (unpaired) electrons. The molecule has 0 aliphatic rings. The monoisotopic (exact) mass is 1050 g/mol. The maximum Gasteiger partial charge on any atom is 0.166 e. The summed E-state index contributed by atoms with van der Waals surface area (Å²) in [6.07, 6.45) is 0. The van der Waals surface area contributed by atoms with E-state index in [1.54, 1.807) is 0 Å².